The molecule has 0 bridgehead atoms. The molecule has 1 amide bonds. The van der Waals surface area contributed by atoms with Crippen LogP contribution in [-0.4, -0.2) is 58.9 Å². The van der Waals surface area contributed by atoms with Gasteiger partial charge in [-0.05, 0) is 31.2 Å². The number of hydrogen-bond donors (Lipinski definition) is 3. The average Bonchev–Trinajstić information content (AvgIpc) is 2.94. The number of fused-ring (bicyclic) bond motifs is 1. The van der Waals surface area contributed by atoms with E-state index in [1.165, 1.54) is 12.8 Å². The van der Waals surface area contributed by atoms with E-state index < -0.39 is 12.2 Å². The molecule has 0 radical (unpaired) electrons. The van der Waals surface area contributed by atoms with Crippen molar-refractivity contribution >= 4 is 5.91 Å². The van der Waals surface area contributed by atoms with Gasteiger partial charge in [0.25, 0.3) is 0 Å². The number of nitrogens with zero attached hydrogens (tertiary/aromatic N) is 1. The lowest BCUT2D eigenvalue weighted by Crippen LogP contribution is -2.45. The molecule has 3 aliphatic rings. The van der Waals surface area contributed by atoms with Crippen molar-refractivity contribution in [3.05, 3.63) is 0 Å². The fraction of sp³-hybridized carbons (Fsp3) is 0.917. The van der Waals surface area contributed by atoms with Gasteiger partial charge in [0.15, 0.2) is 0 Å². The van der Waals surface area contributed by atoms with Crippen molar-refractivity contribution in [2.75, 3.05) is 19.6 Å². The maximum atomic E-state index is 12.3. The van der Waals surface area contributed by atoms with Crippen molar-refractivity contribution in [1.82, 2.24) is 10.2 Å². The van der Waals surface area contributed by atoms with E-state index in [-0.39, 0.29) is 25.0 Å². The Kier molecular flexibility index (Phi) is 2.84. The van der Waals surface area contributed by atoms with Crippen LogP contribution in [0, 0.1) is 11.8 Å². The maximum Gasteiger partial charge on any atom is 0.240 e. The van der Waals surface area contributed by atoms with E-state index in [1.807, 2.05) is 0 Å². The summed E-state index contributed by atoms with van der Waals surface area (Å²) < 4.78 is 0. The Morgan fingerprint density at radius 1 is 1.18 bits per heavy atom. The maximum absolute atomic E-state index is 12.3. The van der Waals surface area contributed by atoms with Crippen molar-refractivity contribution in [1.29, 1.82) is 0 Å². The van der Waals surface area contributed by atoms with E-state index in [4.69, 9.17) is 0 Å². The normalized spacial score (nSPS) is 45.3. The lowest BCUT2D eigenvalue weighted by molar-refractivity contribution is -0.133. The average molecular weight is 240 g/mol. The molecular weight excluding hydrogens is 220 g/mol. The van der Waals surface area contributed by atoms with Crippen molar-refractivity contribution in [2.24, 2.45) is 11.8 Å². The van der Waals surface area contributed by atoms with Crippen LogP contribution in [0.15, 0.2) is 0 Å². The van der Waals surface area contributed by atoms with Crippen LogP contribution in [-0.2, 0) is 4.79 Å². The molecule has 5 heteroatoms. The van der Waals surface area contributed by atoms with Crippen LogP contribution in [0.1, 0.15) is 19.3 Å². The van der Waals surface area contributed by atoms with E-state index in [2.05, 4.69) is 5.32 Å². The van der Waals surface area contributed by atoms with Crippen LogP contribution in [0.5, 0.6) is 0 Å². The zero-order valence-corrected chi connectivity index (χ0v) is 9.88. The minimum atomic E-state index is -0.778. The standard InChI is InChI=1S/C12H20N2O3/c15-9-5-14(6-10(9)16)12(17)11-8-3-1-2-7(8)4-13-11/h7-11,13,15-16H,1-6H2/t7?,8?,9-,10+,11?. The Bertz CT molecular complexity index is 313. The number of hydrogen-bond acceptors (Lipinski definition) is 4. The molecule has 0 aromatic carbocycles. The molecule has 3 rings (SSSR count). The van der Waals surface area contributed by atoms with Gasteiger partial charge < -0.3 is 20.4 Å². The molecule has 5 atom stereocenters. The van der Waals surface area contributed by atoms with Crippen molar-refractivity contribution in [2.45, 2.75) is 37.5 Å². The molecule has 5 nitrogen and oxygen atoms in total. The summed E-state index contributed by atoms with van der Waals surface area (Å²) in [5.74, 6) is 1.19. The topological polar surface area (TPSA) is 72.8 Å². The second-order valence-corrected chi connectivity index (χ2v) is 5.62. The van der Waals surface area contributed by atoms with Crippen LogP contribution >= 0.6 is 0 Å². The molecule has 3 unspecified atom stereocenters. The molecule has 0 aromatic heterocycles. The first kappa shape index (κ1) is 11.4. The van der Waals surface area contributed by atoms with Gasteiger partial charge in [-0.1, -0.05) is 6.42 Å². The number of carbonyl (C=O) groups is 1. The molecule has 3 fully saturated rings. The lowest BCUT2D eigenvalue weighted by Gasteiger charge is -2.23. The van der Waals surface area contributed by atoms with Gasteiger partial charge in [0.2, 0.25) is 5.91 Å². The number of nitrogens with one attached hydrogen (secondary N) is 1. The third-order valence-electron chi connectivity index (χ3n) is 4.58. The molecule has 1 saturated carbocycles. The Hall–Kier alpha value is -0.650. The van der Waals surface area contributed by atoms with Crippen LogP contribution in [0.4, 0.5) is 0 Å². The minimum absolute atomic E-state index is 0.0648. The van der Waals surface area contributed by atoms with Gasteiger partial charge in [-0.15, -0.1) is 0 Å². The highest BCUT2D eigenvalue weighted by atomic mass is 16.3. The summed E-state index contributed by atoms with van der Waals surface area (Å²) >= 11 is 0. The van der Waals surface area contributed by atoms with Gasteiger partial charge in [-0.3, -0.25) is 4.79 Å². The SMILES string of the molecule is O=C(C1NCC2CCCC21)N1C[C@@H](O)[C@@H](O)C1. The van der Waals surface area contributed by atoms with Gasteiger partial charge in [0.1, 0.15) is 0 Å². The predicted octanol–water partition coefficient (Wildman–Crippen LogP) is -1.06. The Labute approximate surface area is 101 Å². The first-order valence-corrected chi connectivity index (χ1v) is 6.55. The van der Waals surface area contributed by atoms with Crippen molar-refractivity contribution in [3.8, 4) is 0 Å². The lowest BCUT2D eigenvalue weighted by atomic mass is 9.93. The Morgan fingerprint density at radius 3 is 2.59 bits per heavy atom. The number of rotatable bonds is 1. The van der Waals surface area contributed by atoms with Crippen LogP contribution < -0.4 is 5.32 Å². The molecule has 2 heterocycles. The first-order chi connectivity index (χ1) is 8.16. The third kappa shape index (κ3) is 1.86. The van der Waals surface area contributed by atoms with Crippen LogP contribution in [0.25, 0.3) is 0 Å². The fourth-order valence-corrected chi connectivity index (χ4v) is 3.60. The summed E-state index contributed by atoms with van der Waals surface area (Å²) in [5, 5.41) is 22.3. The van der Waals surface area contributed by atoms with E-state index in [0.717, 1.165) is 13.0 Å². The van der Waals surface area contributed by atoms with Gasteiger partial charge in [-0.2, -0.15) is 0 Å². The third-order valence-corrected chi connectivity index (χ3v) is 4.58. The summed E-state index contributed by atoms with van der Waals surface area (Å²) in [6, 6.07) is -0.0833. The number of amides is 1. The quantitative estimate of drug-likeness (QED) is 0.546. The molecule has 96 valence electrons. The molecule has 3 N–H and O–H groups in total. The summed E-state index contributed by atoms with van der Waals surface area (Å²) in [7, 11) is 0. The van der Waals surface area contributed by atoms with Crippen LogP contribution in [0.3, 0.4) is 0 Å². The predicted molar refractivity (Wildman–Crippen MR) is 61.2 cm³/mol. The zero-order chi connectivity index (χ0) is 12.0. The molecular formula is C12H20N2O3. The van der Waals surface area contributed by atoms with E-state index in [0.29, 0.717) is 11.8 Å². The largest absolute Gasteiger partial charge is 0.388 e. The van der Waals surface area contributed by atoms with Crippen LogP contribution in [0.2, 0.25) is 0 Å². The van der Waals surface area contributed by atoms with Crippen molar-refractivity contribution < 1.29 is 15.0 Å². The van der Waals surface area contributed by atoms with E-state index >= 15 is 0 Å². The Morgan fingerprint density at radius 2 is 1.88 bits per heavy atom. The number of likely N-dealkylation sites (tertiary alicyclic amines) is 1. The number of carbonyl (C=O) groups excluding carboxylic acids is 1. The van der Waals surface area contributed by atoms with E-state index in [1.54, 1.807) is 4.90 Å². The van der Waals surface area contributed by atoms with E-state index in [9.17, 15) is 15.0 Å². The number of β-amino-alcohol motifs (C(OH)–C–C–N with tert-alkyl or cyclic N) is 2. The second kappa shape index (κ2) is 4.23. The molecule has 17 heavy (non-hydrogen) atoms. The monoisotopic (exact) mass is 240 g/mol. The highest BCUT2D eigenvalue weighted by Crippen LogP contribution is 2.38. The summed E-state index contributed by atoms with van der Waals surface area (Å²) in [6.07, 6.45) is 2.03. The smallest absolute Gasteiger partial charge is 0.240 e. The molecule has 2 saturated heterocycles. The summed E-state index contributed by atoms with van der Waals surface area (Å²) in [5.41, 5.74) is 0. The van der Waals surface area contributed by atoms with Gasteiger partial charge in [-0.25, -0.2) is 0 Å². The molecule has 2 aliphatic heterocycles. The number of aliphatic hydroxyl groups excluding tert-OH is 2. The fourth-order valence-electron chi connectivity index (χ4n) is 3.60. The molecule has 0 spiro atoms. The van der Waals surface area contributed by atoms with Gasteiger partial charge in [0, 0.05) is 13.1 Å². The second-order valence-electron chi connectivity index (χ2n) is 5.62. The summed E-state index contributed by atoms with van der Waals surface area (Å²) in [4.78, 5) is 13.9. The molecule has 0 aromatic rings. The Balaban J connectivity index is 1.67. The van der Waals surface area contributed by atoms with Gasteiger partial charge in [0.05, 0.1) is 18.2 Å². The van der Waals surface area contributed by atoms with Gasteiger partial charge >= 0.3 is 0 Å². The number of aliphatic hydroxyl groups is 2. The van der Waals surface area contributed by atoms with Crippen molar-refractivity contribution in [3.63, 3.8) is 0 Å². The first-order valence-electron chi connectivity index (χ1n) is 6.55. The minimum Gasteiger partial charge on any atom is -0.388 e. The molecule has 1 aliphatic carbocycles. The summed E-state index contributed by atoms with van der Waals surface area (Å²) in [6.45, 7) is 1.49. The zero-order valence-electron chi connectivity index (χ0n) is 9.88. The highest BCUT2D eigenvalue weighted by molar-refractivity contribution is 5.83. The highest BCUT2D eigenvalue weighted by Gasteiger charge is 2.45.